The summed E-state index contributed by atoms with van der Waals surface area (Å²) in [5.41, 5.74) is 0. The first-order chi connectivity index (χ1) is 18.3. The monoisotopic (exact) mass is 693 g/mol. The molecule has 0 fully saturated rings. The summed E-state index contributed by atoms with van der Waals surface area (Å²) in [5.74, 6) is 3.67. The maximum Gasteiger partial charge on any atom is 0.408 e. The van der Waals surface area contributed by atoms with Crippen LogP contribution in [0.25, 0.3) is 0 Å². The van der Waals surface area contributed by atoms with E-state index in [0.29, 0.717) is 29.5 Å². The first-order valence-electron chi connectivity index (χ1n) is 10.6. The van der Waals surface area contributed by atoms with Gasteiger partial charge in [0.15, 0.2) is 0 Å². The summed E-state index contributed by atoms with van der Waals surface area (Å²) in [6.07, 6.45) is 2.19. The largest absolute Gasteiger partial charge is 0.438 e. The summed E-state index contributed by atoms with van der Waals surface area (Å²) >= 11 is 15.5. The lowest BCUT2D eigenvalue weighted by atomic mass is 10.8. The molecule has 19 heteroatoms. The number of ether oxygens (including phenoxy) is 1. The van der Waals surface area contributed by atoms with Gasteiger partial charge in [0.25, 0.3) is 0 Å². The lowest BCUT2D eigenvalue weighted by Gasteiger charge is -2.07. The summed E-state index contributed by atoms with van der Waals surface area (Å²) in [6.45, 7) is 2.13. The Morgan fingerprint density at radius 2 is 1.32 bits per heavy atom. The zero-order valence-electron chi connectivity index (χ0n) is 20.5. The molecule has 2 N–H and O–H groups in total. The molecule has 0 aromatic carbocycles. The van der Waals surface area contributed by atoms with Crippen molar-refractivity contribution in [3.05, 3.63) is 0 Å². The number of carbonyl (C=O) groups excluding carboxylic acids is 1. The van der Waals surface area contributed by atoms with E-state index in [4.69, 9.17) is 19.6 Å². The van der Waals surface area contributed by atoms with Gasteiger partial charge < -0.3 is 24.9 Å². The van der Waals surface area contributed by atoms with E-state index in [2.05, 4.69) is 32.0 Å². The third kappa shape index (κ3) is 35.2. The number of aliphatic hydroxyl groups is 1. The number of aliphatic imine (C=N–C) groups is 2. The molecule has 0 spiro atoms. The molecule has 0 aliphatic rings. The van der Waals surface area contributed by atoms with E-state index in [-0.39, 0.29) is 19.3 Å². The van der Waals surface area contributed by atoms with E-state index in [9.17, 15) is 4.79 Å². The average molecular weight is 694 g/mol. The molecule has 37 heavy (non-hydrogen) atoms. The molecule has 0 bridgehead atoms. The Balaban J connectivity index is 3.20. The van der Waals surface area contributed by atoms with Gasteiger partial charge in [-0.15, -0.1) is 106 Å². The quantitative estimate of drug-likeness (QED) is 0.0245. The Hall–Kier alpha value is 1.24. The molecular weight excluding hydrogens is 659 g/mol. The maximum absolute atomic E-state index is 11.7. The van der Waals surface area contributed by atoms with Crippen molar-refractivity contribution in [2.24, 2.45) is 9.98 Å². The fraction of sp³-hybridized carbons (Fsp3) is 0.833. The highest BCUT2D eigenvalue weighted by Crippen LogP contribution is 2.22. The first kappa shape index (κ1) is 38.2. The van der Waals surface area contributed by atoms with Crippen LogP contribution in [0.1, 0.15) is 6.92 Å². The molecule has 0 aliphatic carbocycles. The van der Waals surface area contributed by atoms with Gasteiger partial charge in [-0.25, -0.2) is 14.8 Å². The minimum absolute atomic E-state index is 0.0844. The number of thioether (sulfide) groups is 9. The number of hydrogen-bond donors (Lipinski definition) is 2. The van der Waals surface area contributed by atoms with Gasteiger partial charge in [0.1, 0.15) is 18.5 Å². The van der Waals surface area contributed by atoms with E-state index in [0.717, 1.165) is 36.3 Å². The van der Waals surface area contributed by atoms with Crippen molar-refractivity contribution in [3.8, 4) is 0 Å². The average Bonchev–Trinajstić information content (AvgIpc) is 2.90. The summed E-state index contributed by atoms with van der Waals surface area (Å²) in [4.78, 5) is 38.7. The second-order valence-electron chi connectivity index (χ2n) is 5.51. The minimum atomic E-state index is -0.380. The number of aliphatic hydroxyl groups excluding tert-OH is 1. The second-order valence-corrected chi connectivity index (χ2v) is 16.7. The SMILES string of the molecule is CCSC/N=C/OOCSCSCSCSCOC(=O)NCSCSCSCSC/N=C\OOCCO. The van der Waals surface area contributed by atoms with Gasteiger partial charge in [-0.05, 0) is 5.75 Å². The van der Waals surface area contributed by atoms with Crippen molar-refractivity contribution in [1.82, 2.24) is 5.32 Å². The highest BCUT2D eigenvalue weighted by Gasteiger charge is 2.01. The van der Waals surface area contributed by atoms with Crippen LogP contribution < -0.4 is 5.32 Å². The molecular formula is C18H35N3O7S9. The number of nitrogens with one attached hydrogen (secondary N) is 1. The van der Waals surface area contributed by atoms with Crippen LogP contribution in [-0.2, 0) is 24.3 Å². The van der Waals surface area contributed by atoms with E-state index < -0.39 is 0 Å². The van der Waals surface area contributed by atoms with Crippen molar-refractivity contribution in [1.29, 1.82) is 0 Å². The van der Waals surface area contributed by atoms with E-state index in [1.165, 1.54) is 12.8 Å². The number of amides is 1. The molecule has 0 heterocycles. The maximum atomic E-state index is 11.7. The van der Waals surface area contributed by atoms with Crippen LogP contribution in [-0.4, -0.2) is 103 Å². The number of rotatable bonds is 29. The molecule has 0 aliphatic heterocycles. The molecule has 0 unspecified atom stereocenters. The van der Waals surface area contributed by atoms with Crippen LogP contribution in [0.4, 0.5) is 4.79 Å². The second kappa shape index (κ2) is 35.3. The molecule has 1 amide bonds. The smallest absolute Gasteiger partial charge is 0.408 e. The van der Waals surface area contributed by atoms with E-state index >= 15 is 0 Å². The predicted octanol–water partition coefficient (Wildman–Crippen LogP) is 5.81. The Kier molecular flexibility index (Phi) is 36.4. The zero-order valence-corrected chi connectivity index (χ0v) is 27.9. The predicted molar refractivity (Wildman–Crippen MR) is 175 cm³/mol. The van der Waals surface area contributed by atoms with Crippen LogP contribution in [0.2, 0.25) is 0 Å². The van der Waals surface area contributed by atoms with Gasteiger partial charge in [0.2, 0.25) is 12.8 Å². The van der Waals surface area contributed by atoms with E-state index in [1.54, 1.807) is 82.3 Å². The minimum Gasteiger partial charge on any atom is -0.438 e. The topological polar surface area (TPSA) is 120 Å². The van der Waals surface area contributed by atoms with Gasteiger partial charge in [0.05, 0.1) is 24.2 Å². The van der Waals surface area contributed by atoms with Crippen molar-refractivity contribution in [3.63, 3.8) is 0 Å². The molecule has 0 saturated carbocycles. The normalized spacial score (nSPS) is 11.4. The molecule has 0 radical (unpaired) electrons. The van der Waals surface area contributed by atoms with Gasteiger partial charge in [-0.3, -0.25) is 0 Å². The van der Waals surface area contributed by atoms with Crippen LogP contribution >= 0.6 is 106 Å². The molecule has 0 aromatic heterocycles. The van der Waals surface area contributed by atoms with E-state index in [1.807, 2.05) is 23.5 Å². The van der Waals surface area contributed by atoms with Gasteiger partial charge in [-0.1, -0.05) is 6.92 Å². The summed E-state index contributed by atoms with van der Waals surface area (Å²) in [7, 11) is 0. The molecule has 0 atom stereocenters. The number of carbonyl (C=O) groups is 1. The Bertz CT molecular complexity index is 547. The molecule has 0 saturated heterocycles. The number of alkyl carbamates (subject to hydrolysis) is 1. The Morgan fingerprint density at radius 1 is 0.757 bits per heavy atom. The first-order valence-corrected chi connectivity index (χ1v) is 20.9. The lowest BCUT2D eigenvalue weighted by Crippen LogP contribution is -2.23. The van der Waals surface area contributed by atoms with Crippen LogP contribution in [0, 0.1) is 0 Å². The Labute approximate surface area is 258 Å². The number of nitrogens with zero attached hydrogens (tertiary/aromatic N) is 2. The van der Waals surface area contributed by atoms with Gasteiger partial charge in [-0.2, -0.15) is 9.78 Å². The lowest BCUT2D eigenvalue weighted by molar-refractivity contribution is -0.221. The van der Waals surface area contributed by atoms with Crippen LogP contribution in [0.5, 0.6) is 0 Å². The molecule has 0 rings (SSSR count). The standard InChI is InChI=1S/C18H35N3O7S9/c1-2-29-7-19-6-27-28-11-33-15-37-17-36-14-32-10-24-18(23)21-9-31-13-35-16-34-12-30-8-20-5-26-25-4-3-22/h5-6,22H,2-4,7-17H2,1H3,(H,21,23)/b19-6+,20-5-. The van der Waals surface area contributed by atoms with Crippen molar-refractivity contribution < 1.29 is 34.2 Å². The van der Waals surface area contributed by atoms with Gasteiger partial charge >= 0.3 is 6.09 Å². The highest BCUT2D eigenvalue weighted by molar-refractivity contribution is 8.26. The number of hydrogen-bond acceptors (Lipinski definition) is 18. The molecule has 218 valence electrons. The van der Waals surface area contributed by atoms with Crippen LogP contribution in [0.3, 0.4) is 0 Å². The van der Waals surface area contributed by atoms with Crippen molar-refractivity contribution >= 4 is 125 Å². The summed E-state index contributed by atoms with van der Waals surface area (Å²) < 4.78 is 5.15. The summed E-state index contributed by atoms with van der Waals surface area (Å²) in [5, 5.41) is 16.8. The zero-order chi connectivity index (χ0) is 26.9. The van der Waals surface area contributed by atoms with Crippen LogP contribution in [0.15, 0.2) is 9.98 Å². The fourth-order valence-corrected chi connectivity index (χ4v) is 10.0. The molecule has 0 aromatic rings. The fourth-order valence-electron chi connectivity index (χ4n) is 1.42. The Morgan fingerprint density at radius 3 is 2.00 bits per heavy atom. The van der Waals surface area contributed by atoms with Crippen molar-refractivity contribution in [2.75, 3.05) is 79.0 Å². The summed E-state index contributed by atoms with van der Waals surface area (Å²) in [6, 6.07) is 0. The third-order valence-electron chi connectivity index (χ3n) is 2.80. The molecule has 10 nitrogen and oxygen atoms in total. The third-order valence-corrected chi connectivity index (χ3v) is 12.8. The van der Waals surface area contributed by atoms with Crippen molar-refractivity contribution in [2.45, 2.75) is 6.92 Å². The highest BCUT2D eigenvalue weighted by atomic mass is 32.3. The van der Waals surface area contributed by atoms with Gasteiger partial charge in [0, 0.05) is 30.5 Å².